The lowest BCUT2D eigenvalue weighted by atomic mass is 10.1. The molecule has 0 amide bonds. The van der Waals surface area contributed by atoms with Gasteiger partial charge in [0.15, 0.2) is 0 Å². The summed E-state index contributed by atoms with van der Waals surface area (Å²) >= 11 is 0. The fourth-order valence-corrected chi connectivity index (χ4v) is 2.82. The van der Waals surface area contributed by atoms with Crippen molar-refractivity contribution in [2.75, 3.05) is 25.5 Å². The standard InChI is InChI=1S/C16H21N5/c1-20(2)16-11-18-10-14(19-16)15-4-3-9-21(15)12-13-5-7-17-8-6-13/h5-8,10-11,15H,3-4,9,12H2,1-2H3. The Bertz CT molecular complexity index is 584. The third-order valence-corrected chi connectivity index (χ3v) is 3.94. The predicted molar refractivity (Wildman–Crippen MR) is 83.0 cm³/mol. The van der Waals surface area contributed by atoms with Crippen LogP contribution in [0.1, 0.15) is 30.1 Å². The highest BCUT2D eigenvalue weighted by molar-refractivity contribution is 5.34. The van der Waals surface area contributed by atoms with Gasteiger partial charge in [0.25, 0.3) is 0 Å². The molecule has 0 spiro atoms. The maximum Gasteiger partial charge on any atom is 0.146 e. The molecular formula is C16H21N5. The molecule has 0 radical (unpaired) electrons. The first-order valence-electron chi connectivity index (χ1n) is 7.36. The average Bonchev–Trinajstić information content (AvgIpc) is 2.96. The Morgan fingerprint density at radius 1 is 1.19 bits per heavy atom. The van der Waals surface area contributed by atoms with E-state index in [0.29, 0.717) is 6.04 Å². The second kappa shape index (κ2) is 6.18. The van der Waals surface area contributed by atoms with Crippen LogP contribution in [0.25, 0.3) is 0 Å². The van der Waals surface area contributed by atoms with Crippen LogP contribution >= 0.6 is 0 Å². The summed E-state index contributed by atoms with van der Waals surface area (Å²) in [7, 11) is 3.99. The monoisotopic (exact) mass is 283 g/mol. The van der Waals surface area contributed by atoms with E-state index in [9.17, 15) is 0 Å². The minimum Gasteiger partial charge on any atom is -0.361 e. The SMILES string of the molecule is CN(C)c1cncc(C2CCCN2Cc2ccncc2)n1. The van der Waals surface area contributed by atoms with Gasteiger partial charge >= 0.3 is 0 Å². The summed E-state index contributed by atoms with van der Waals surface area (Å²) in [6.45, 7) is 2.06. The zero-order valence-electron chi connectivity index (χ0n) is 12.6. The van der Waals surface area contributed by atoms with E-state index >= 15 is 0 Å². The van der Waals surface area contributed by atoms with Crippen LogP contribution in [0.2, 0.25) is 0 Å². The van der Waals surface area contributed by atoms with Crippen LogP contribution in [0.3, 0.4) is 0 Å². The molecule has 5 heteroatoms. The first kappa shape index (κ1) is 13.9. The van der Waals surface area contributed by atoms with Gasteiger partial charge in [-0.2, -0.15) is 0 Å². The second-order valence-corrected chi connectivity index (χ2v) is 5.68. The van der Waals surface area contributed by atoms with E-state index in [0.717, 1.165) is 31.0 Å². The summed E-state index contributed by atoms with van der Waals surface area (Å²) in [6.07, 6.45) is 9.79. The normalized spacial score (nSPS) is 18.9. The van der Waals surface area contributed by atoms with E-state index in [1.807, 2.05) is 43.8 Å². The van der Waals surface area contributed by atoms with Crippen LogP contribution in [0.5, 0.6) is 0 Å². The zero-order chi connectivity index (χ0) is 14.7. The summed E-state index contributed by atoms with van der Waals surface area (Å²) in [6, 6.07) is 4.53. The van der Waals surface area contributed by atoms with Crippen LogP contribution in [0, 0.1) is 0 Å². The van der Waals surface area contributed by atoms with Crippen molar-refractivity contribution in [3.63, 3.8) is 0 Å². The van der Waals surface area contributed by atoms with Crippen molar-refractivity contribution in [3.8, 4) is 0 Å². The molecule has 1 fully saturated rings. The van der Waals surface area contributed by atoms with E-state index < -0.39 is 0 Å². The van der Waals surface area contributed by atoms with Gasteiger partial charge in [-0.05, 0) is 37.1 Å². The molecule has 0 aromatic carbocycles. The van der Waals surface area contributed by atoms with Crippen molar-refractivity contribution in [1.82, 2.24) is 19.9 Å². The minimum absolute atomic E-state index is 0.366. The Morgan fingerprint density at radius 3 is 2.76 bits per heavy atom. The molecule has 0 bridgehead atoms. The molecule has 2 aromatic rings. The number of nitrogens with zero attached hydrogens (tertiary/aromatic N) is 5. The van der Waals surface area contributed by atoms with Crippen molar-refractivity contribution in [1.29, 1.82) is 0 Å². The van der Waals surface area contributed by atoms with E-state index in [4.69, 9.17) is 4.98 Å². The molecule has 3 rings (SSSR count). The molecule has 2 aromatic heterocycles. The van der Waals surface area contributed by atoms with Gasteiger partial charge in [-0.15, -0.1) is 0 Å². The van der Waals surface area contributed by atoms with Gasteiger partial charge < -0.3 is 4.90 Å². The van der Waals surface area contributed by atoms with Gasteiger partial charge in [0.1, 0.15) is 5.82 Å². The van der Waals surface area contributed by atoms with Crippen LogP contribution in [0.15, 0.2) is 36.9 Å². The summed E-state index contributed by atoms with van der Waals surface area (Å²) in [5.74, 6) is 0.920. The van der Waals surface area contributed by atoms with Crippen molar-refractivity contribution < 1.29 is 0 Å². The predicted octanol–water partition coefficient (Wildman–Crippen LogP) is 2.27. The Morgan fingerprint density at radius 2 is 2.00 bits per heavy atom. The molecule has 3 heterocycles. The Balaban J connectivity index is 1.79. The molecule has 0 aliphatic carbocycles. The molecule has 110 valence electrons. The van der Waals surface area contributed by atoms with Gasteiger partial charge in [0.05, 0.1) is 24.1 Å². The number of aromatic nitrogens is 3. The fraction of sp³-hybridized carbons (Fsp3) is 0.438. The second-order valence-electron chi connectivity index (χ2n) is 5.68. The van der Waals surface area contributed by atoms with Crippen LogP contribution in [0.4, 0.5) is 5.82 Å². The molecule has 1 aliphatic rings. The average molecular weight is 283 g/mol. The quantitative estimate of drug-likeness (QED) is 0.861. The lowest BCUT2D eigenvalue weighted by molar-refractivity contribution is 0.244. The van der Waals surface area contributed by atoms with Gasteiger partial charge in [-0.1, -0.05) is 0 Å². The van der Waals surface area contributed by atoms with Crippen LogP contribution in [-0.4, -0.2) is 40.5 Å². The highest BCUT2D eigenvalue weighted by Gasteiger charge is 2.27. The highest BCUT2D eigenvalue weighted by atomic mass is 15.2. The maximum absolute atomic E-state index is 4.76. The smallest absolute Gasteiger partial charge is 0.146 e. The Kier molecular flexibility index (Phi) is 4.10. The third kappa shape index (κ3) is 3.19. The van der Waals surface area contributed by atoms with Crippen LogP contribution in [-0.2, 0) is 6.54 Å². The minimum atomic E-state index is 0.366. The first-order valence-corrected chi connectivity index (χ1v) is 7.36. The van der Waals surface area contributed by atoms with Gasteiger partial charge in [-0.3, -0.25) is 14.9 Å². The maximum atomic E-state index is 4.76. The van der Waals surface area contributed by atoms with Crippen molar-refractivity contribution >= 4 is 5.82 Å². The summed E-state index contributed by atoms with van der Waals surface area (Å²) in [5.41, 5.74) is 2.38. The molecule has 21 heavy (non-hydrogen) atoms. The lowest BCUT2D eigenvalue weighted by Gasteiger charge is -2.24. The molecule has 1 atom stereocenters. The van der Waals surface area contributed by atoms with Gasteiger partial charge in [0, 0.05) is 33.0 Å². The Labute approximate surface area is 125 Å². The molecular weight excluding hydrogens is 262 g/mol. The number of hydrogen-bond donors (Lipinski definition) is 0. The number of anilines is 1. The molecule has 1 saturated heterocycles. The first-order chi connectivity index (χ1) is 10.2. The number of rotatable bonds is 4. The largest absolute Gasteiger partial charge is 0.361 e. The summed E-state index contributed by atoms with van der Waals surface area (Å²) in [5, 5.41) is 0. The number of likely N-dealkylation sites (tertiary alicyclic amines) is 1. The molecule has 1 unspecified atom stereocenters. The topological polar surface area (TPSA) is 45.2 Å². The fourth-order valence-electron chi connectivity index (χ4n) is 2.82. The molecule has 1 aliphatic heterocycles. The number of hydrogen-bond acceptors (Lipinski definition) is 5. The summed E-state index contributed by atoms with van der Waals surface area (Å²) in [4.78, 5) is 17.7. The highest BCUT2D eigenvalue weighted by Crippen LogP contribution is 2.32. The van der Waals surface area contributed by atoms with E-state index in [1.165, 1.54) is 12.0 Å². The van der Waals surface area contributed by atoms with E-state index in [1.54, 1.807) is 0 Å². The molecule has 5 nitrogen and oxygen atoms in total. The van der Waals surface area contributed by atoms with Gasteiger partial charge in [-0.25, -0.2) is 4.98 Å². The lowest BCUT2D eigenvalue weighted by Crippen LogP contribution is -2.24. The van der Waals surface area contributed by atoms with Crippen molar-refractivity contribution in [2.45, 2.75) is 25.4 Å². The number of pyridine rings is 1. The van der Waals surface area contributed by atoms with Gasteiger partial charge in [0.2, 0.25) is 0 Å². The zero-order valence-corrected chi connectivity index (χ0v) is 12.6. The Hall–Kier alpha value is -2.01. The van der Waals surface area contributed by atoms with E-state index in [2.05, 4.69) is 27.0 Å². The van der Waals surface area contributed by atoms with Crippen molar-refractivity contribution in [2.24, 2.45) is 0 Å². The third-order valence-electron chi connectivity index (χ3n) is 3.94. The van der Waals surface area contributed by atoms with Crippen molar-refractivity contribution in [3.05, 3.63) is 48.2 Å². The molecule has 0 saturated carbocycles. The summed E-state index contributed by atoms with van der Waals surface area (Å²) < 4.78 is 0. The van der Waals surface area contributed by atoms with E-state index in [-0.39, 0.29) is 0 Å². The molecule has 0 N–H and O–H groups in total. The van der Waals surface area contributed by atoms with Crippen LogP contribution < -0.4 is 4.90 Å².